The number of anilines is 1. The highest BCUT2D eigenvalue weighted by Crippen LogP contribution is 2.25. The minimum atomic E-state index is -1.20. The topological polar surface area (TPSA) is 140 Å². The van der Waals surface area contributed by atoms with Gasteiger partial charge in [-0.25, -0.2) is 9.59 Å². The number of rotatable bonds is 7. The van der Waals surface area contributed by atoms with Crippen molar-refractivity contribution in [2.24, 2.45) is 0 Å². The summed E-state index contributed by atoms with van der Waals surface area (Å²) in [6.45, 7) is 7.07. The van der Waals surface area contributed by atoms with Gasteiger partial charge >= 0.3 is 12.2 Å². The van der Waals surface area contributed by atoms with Crippen molar-refractivity contribution in [3.05, 3.63) is 52.7 Å². The van der Waals surface area contributed by atoms with Crippen LogP contribution >= 0.6 is 11.6 Å². The Morgan fingerprint density at radius 3 is 2.57 bits per heavy atom. The van der Waals surface area contributed by atoms with Crippen molar-refractivity contribution in [3.63, 3.8) is 0 Å². The molecule has 1 atom stereocenters. The molecule has 0 fully saturated rings. The third-order valence-corrected chi connectivity index (χ3v) is 5.44. The molecule has 0 aliphatic rings. The van der Waals surface area contributed by atoms with Crippen LogP contribution in [0.2, 0.25) is 5.02 Å². The molecular formula is C24H29ClN4O6. The van der Waals surface area contributed by atoms with E-state index in [0.29, 0.717) is 38.6 Å². The molecule has 10 nitrogen and oxygen atoms in total. The molecule has 3 aromatic rings. The number of nitrogen functional groups attached to an aromatic ring is 1. The maximum Gasteiger partial charge on any atom is 0.432 e. The number of aromatic nitrogens is 2. The first-order valence-corrected chi connectivity index (χ1v) is 11.3. The maximum absolute atomic E-state index is 12.8. The lowest BCUT2D eigenvalue weighted by molar-refractivity contribution is 0.0117. The van der Waals surface area contributed by atoms with E-state index >= 15 is 0 Å². The van der Waals surface area contributed by atoms with Gasteiger partial charge in [0.1, 0.15) is 18.0 Å². The Balaban J connectivity index is 1.73. The Morgan fingerprint density at radius 2 is 1.94 bits per heavy atom. The van der Waals surface area contributed by atoms with Crippen molar-refractivity contribution in [2.75, 3.05) is 25.4 Å². The van der Waals surface area contributed by atoms with Crippen LogP contribution in [-0.2, 0) is 4.74 Å². The number of carbonyl (C=O) groups excluding carboxylic acids is 1. The van der Waals surface area contributed by atoms with Crippen LogP contribution in [0.4, 0.5) is 15.3 Å². The Bertz CT molecular complexity index is 1240. The molecule has 0 radical (unpaired) electrons. The molecule has 1 unspecified atom stereocenters. The van der Waals surface area contributed by atoms with Crippen LogP contribution < -0.4 is 10.5 Å². The van der Waals surface area contributed by atoms with Gasteiger partial charge in [-0.15, -0.1) is 0 Å². The fraction of sp³-hybridized carbons (Fsp3) is 0.375. The molecule has 1 amide bonds. The number of nitrogens with two attached hydrogens (primary N) is 1. The quantitative estimate of drug-likeness (QED) is 0.401. The van der Waals surface area contributed by atoms with E-state index in [-0.39, 0.29) is 19.7 Å². The SMILES string of the molecule is Cc1nn(C(=O)O)c2cc(OCCN(CC(O)c3ccc(Cl)c(N)c3)C(=O)OC(C)(C)C)ccc12. The molecule has 0 bridgehead atoms. The predicted octanol–water partition coefficient (Wildman–Crippen LogP) is 4.46. The zero-order valence-electron chi connectivity index (χ0n) is 20.0. The van der Waals surface area contributed by atoms with Crippen LogP contribution in [0.1, 0.15) is 38.1 Å². The molecule has 1 heterocycles. The van der Waals surface area contributed by atoms with Gasteiger partial charge < -0.3 is 30.3 Å². The second-order valence-electron chi connectivity index (χ2n) is 9.03. The average molecular weight is 505 g/mol. The van der Waals surface area contributed by atoms with E-state index in [1.165, 1.54) is 4.90 Å². The smallest absolute Gasteiger partial charge is 0.432 e. The van der Waals surface area contributed by atoms with Gasteiger partial charge in [0.25, 0.3) is 0 Å². The fourth-order valence-electron chi connectivity index (χ4n) is 3.43. The molecule has 0 saturated carbocycles. The molecule has 3 rings (SSSR count). The van der Waals surface area contributed by atoms with Crippen molar-refractivity contribution < 1.29 is 29.3 Å². The third kappa shape index (κ3) is 6.55. The molecule has 0 saturated heterocycles. The van der Waals surface area contributed by atoms with E-state index in [1.807, 2.05) is 0 Å². The van der Waals surface area contributed by atoms with Crippen LogP contribution in [0.25, 0.3) is 10.9 Å². The first kappa shape index (κ1) is 26.1. The number of ether oxygens (including phenoxy) is 2. The number of nitrogens with zero attached hydrogens (tertiary/aromatic N) is 3. The first-order valence-electron chi connectivity index (χ1n) is 10.9. The summed E-state index contributed by atoms with van der Waals surface area (Å²) >= 11 is 5.96. The number of benzene rings is 2. The van der Waals surface area contributed by atoms with Crippen molar-refractivity contribution in [1.29, 1.82) is 0 Å². The second kappa shape index (κ2) is 10.4. The molecule has 0 spiro atoms. The van der Waals surface area contributed by atoms with Crippen LogP contribution in [-0.4, -0.2) is 62.4 Å². The summed E-state index contributed by atoms with van der Waals surface area (Å²) in [4.78, 5) is 25.6. The van der Waals surface area contributed by atoms with Gasteiger partial charge in [0.2, 0.25) is 0 Å². The summed E-state index contributed by atoms with van der Waals surface area (Å²) in [7, 11) is 0. The van der Waals surface area contributed by atoms with Crippen LogP contribution in [0, 0.1) is 6.92 Å². The maximum atomic E-state index is 12.8. The summed E-state index contributed by atoms with van der Waals surface area (Å²) in [6.07, 6.45) is -2.85. The van der Waals surface area contributed by atoms with E-state index in [1.54, 1.807) is 64.1 Å². The summed E-state index contributed by atoms with van der Waals surface area (Å²) in [6, 6.07) is 9.78. The van der Waals surface area contributed by atoms with Crippen molar-refractivity contribution >= 4 is 40.4 Å². The van der Waals surface area contributed by atoms with Crippen molar-refractivity contribution in [1.82, 2.24) is 14.7 Å². The van der Waals surface area contributed by atoms with Crippen LogP contribution in [0.15, 0.2) is 36.4 Å². The number of aryl methyl sites for hydroxylation is 1. The summed E-state index contributed by atoms with van der Waals surface area (Å²) in [5, 5.41) is 25.2. The van der Waals surface area contributed by atoms with Gasteiger partial charge in [-0.05, 0) is 57.5 Å². The number of carbonyl (C=O) groups is 2. The molecule has 0 aliphatic heterocycles. The standard InChI is InChI=1S/C24H29ClN4O6/c1-14-17-7-6-16(12-20(17)29(27-14)22(31)32)34-10-9-28(23(33)35-24(2,3)4)13-21(30)15-5-8-18(25)19(26)11-15/h5-8,11-12,21,30H,9-10,13,26H2,1-4H3,(H,31,32). The second-order valence-corrected chi connectivity index (χ2v) is 9.44. The largest absolute Gasteiger partial charge is 0.492 e. The number of halogens is 1. The zero-order chi connectivity index (χ0) is 25.9. The van der Waals surface area contributed by atoms with Gasteiger partial charge in [-0.2, -0.15) is 9.78 Å². The molecule has 35 heavy (non-hydrogen) atoms. The highest BCUT2D eigenvalue weighted by molar-refractivity contribution is 6.33. The first-order chi connectivity index (χ1) is 16.4. The van der Waals surface area contributed by atoms with Gasteiger partial charge in [-0.3, -0.25) is 0 Å². The van der Waals surface area contributed by atoms with E-state index < -0.39 is 23.9 Å². The molecule has 1 aromatic heterocycles. The van der Waals surface area contributed by atoms with E-state index in [9.17, 15) is 19.8 Å². The van der Waals surface area contributed by atoms with Gasteiger partial charge in [0.15, 0.2) is 0 Å². The number of amides is 1. The Hall–Kier alpha value is -3.50. The number of aliphatic hydroxyl groups is 1. The lowest BCUT2D eigenvalue weighted by Crippen LogP contribution is -2.41. The predicted molar refractivity (Wildman–Crippen MR) is 132 cm³/mol. The highest BCUT2D eigenvalue weighted by Gasteiger charge is 2.25. The monoisotopic (exact) mass is 504 g/mol. The minimum Gasteiger partial charge on any atom is -0.492 e. The van der Waals surface area contributed by atoms with E-state index in [0.717, 1.165) is 4.68 Å². The molecule has 11 heteroatoms. The van der Waals surface area contributed by atoms with Crippen LogP contribution in [0.3, 0.4) is 0 Å². The minimum absolute atomic E-state index is 0.0661. The van der Waals surface area contributed by atoms with E-state index in [2.05, 4.69) is 5.10 Å². The van der Waals surface area contributed by atoms with Gasteiger partial charge in [-0.1, -0.05) is 17.7 Å². The van der Waals surface area contributed by atoms with Gasteiger partial charge in [0, 0.05) is 11.5 Å². The Morgan fingerprint density at radius 1 is 1.23 bits per heavy atom. The Labute approximate surface area is 207 Å². The highest BCUT2D eigenvalue weighted by atomic mass is 35.5. The molecule has 188 valence electrons. The average Bonchev–Trinajstić information content (AvgIpc) is 3.10. The summed E-state index contributed by atoms with van der Waals surface area (Å²) < 4.78 is 12.2. The van der Waals surface area contributed by atoms with Crippen molar-refractivity contribution in [2.45, 2.75) is 39.4 Å². The molecule has 0 aliphatic carbocycles. The fourth-order valence-corrected chi connectivity index (χ4v) is 3.54. The number of fused-ring (bicyclic) bond motifs is 1. The normalized spacial score (nSPS) is 12.4. The number of hydrogen-bond donors (Lipinski definition) is 3. The van der Waals surface area contributed by atoms with Crippen molar-refractivity contribution in [3.8, 4) is 5.75 Å². The summed E-state index contributed by atoms with van der Waals surface area (Å²) in [5.41, 5.74) is 6.91. The third-order valence-electron chi connectivity index (χ3n) is 5.10. The molecule has 4 N–H and O–H groups in total. The summed E-state index contributed by atoms with van der Waals surface area (Å²) in [5.74, 6) is 0.412. The Kier molecular flexibility index (Phi) is 7.76. The van der Waals surface area contributed by atoms with E-state index in [4.69, 9.17) is 26.8 Å². The lowest BCUT2D eigenvalue weighted by atomic mass is 10.1. The zero-order valence-corrected chi connectivity index (χ0v) is 20.7. The number of aliphatic hydroxyl groups excluding tert-OH is 1. The molecule has 2 aromatic carbocycles. The van der Waals surface area contributed by atoms with Crippen LogP contribution in [0.5, 0.6) is 5.75 Å². The number of hydrogen-bond acceptors (Lipinski definition) is 7. The lowest BCUT2D eigenvalue weighted by Gasteiger charge is -2.29. The number of carboxylic acid groups (broad SMARTS) is 1. The molecular weight excluding hydrogens is 476 g/mol. The van der Waals surface area contributed by atoms with Gasteiger partial charge in [0.05, 0.1) is 41.1 Å².